The van der Waals surface area contributed by atoms with E-state index >= 15 is 0 Å². The van der Waals surface area contributed by atoms with Crippen LogP contribution in [0.1, 0.15) is 31.7 Å². The number of urea groups is 1. The molecule has 1 heterocycles. The second kappa shape index (κ2) is 10.0. The van der Waals surface area contributed by atoms with Gasteiger partial charge in [-0.3, -0.25) is 4.79 Å². The zero-order valence-corrected chi connectivity index (χ0v) is 15.2. The number of carbonyl (C=O) groups excluding carboxylic acids is 2. The van der Waals surface area contributed by atoms with Crippen molar-refractivity contribution in [2.24, 2.45) is 0 Å². The summed E-state index contributed by atoms with van der Waals surface area (Å²) >= 11 is 0. The third kappa shape index (κ3) is 6.38. The second-order valence-corrected chi connectivity index (χ2v) is 6.38. The number of nitrogens with one attached hydrogen (secondary N) is 1. The van der Waals surface area contributed by atoms with Gasteiger partial charge in [0, 0.05) is 46.3 Å². The summed E-state index contributed by atoms with van der Waals surface area (Å²) in [6.07, 6.45) is 2.39. The molecule has 1 aliphatic heterocycles. The van der Waals surface area contributed by atoms with Gasteiger partial charge in [-0.1, -0.05) is 30.3 Å². The van der Waals surface area contributed by atoms with Crippen LogP contribution in [0, 0.1) is 0 Å². The Balaban J connectivity index is 1.68. The molecular weight excluding hydrogens is 318 g/mol. The Morgan fingerprint density at radius 3 is 2.80 bits per heavy atom. The van der Waals surface area contributed by atoms with E-state index in [0.717, 1.165) is 24.9 Å². The van der Waals surface area contributed by atoms with Crippen LogP contribution < -0.4 is 5.32 Å². The van der Waals surface area contributed by atoms with Crippen LogP contribution in [-0.2, 0) is 16.1 Å². The number of likely N-dealkylation sites (tertiary alicyclic amines) is 1. The molecule has 1 atom stereocenters. The van der Waals surface area contributed by atoms with Gasteiger partial charge in [-0.05, 0) is 25.3 Å². The van der Waals surface area contributed by atoms with Gasteiger partial charge in [0.25, 0.3) is 0 Å². The third-order valence-corrected chi connectivity index (χ3v) is 4.37. The molecule has 1 fully saturated rings. The predicted octanol–water partition coefficient (Wildman–Crippen LogP) is 2.25. The zero-order valence-electron chi connectivity index (χ0n) is 15.2. The quantitative estimate of drug-likeness (QED) is 0.823. The van der Waals surface area contributed by atoms with Crippen molar-refractivity contribution < 1.29 is 14.3 Å². The Kier molecular flexibility index (Phi) is 7.73. The highest BCUT2D eigenvalue weighted by molar-refractivity contribution is 5.78. The topological polar surface area (TPSA) is 61.9 Å². The lowest BCUT2D eigenvalue weighted by atomic mass is 10.1. The van der Waals surface area contributed by atoms with Crippen LogP contribution in [0.4, 0.5) is 4.79 Å². The summed E-state index contributed by atoms with van der Waals surface area (Å²) in [6, 6.07) is 9.76. The van der Waals surface area contributed by atoms with Crippen LogP contribution in [-0.4, -0.2) is 61.1 Å². The van der Waals surface area contributed by atoms with Gasteiger partial charge >= 0.3 is 6.03 Å². The molecule has 0 aromatic heterocycles. The number of hydrogen-bond acceptors (Lipinski definition) is 3. The lowest BCUT2D eigenvalue weighted by molar-refractivity contribution is -0.130. The van der Waals surface area contributed by atoms with Crippen LogP contribution in [0.3, 0.4) is 0 Å². The molecule has 1 aliphatic rings. The SMILES string of the molecule is CCO[C@H]1CCCN(C(=O)NCCC(=O)N(C)Cc2ccccc2)C1. The summed E-state index contributed by atoms with van der Waals surface area (Å²) in [7, 11) is 1.79. The minimum absolute atomic E-state index is 0.0231. The first kappa shape index (κ1) is 19.2. The Morgan fingerprint density at radius 2 is 2.08 bits per heavy atom. The van der Waals surface area contributed by atoms with E-state index in [1.165, 1.54) is 0 Å². The Labute approximate surface area is 150 Å². The van der Waals surface area contributed by atoms with E-state index in [0.29, 0.717) is 32.7 Å². The van der Waals surface area contributed by atoms with E-state index in [4.69, 9.17) is 4.74 Å². The lowest BCUT2D eigenvalue weighted by Gasteiger charge is -2.32. The van der Waals surface area contributed by atoms with E-state index in [-0.39, 0.29) is 18.0 Å². The van der Waals surface area contributed by atoms with Crippen LogP contribution >= 0.6 is 0 Å². The molecule has 1 N–H and O–H groups in total. The molecule has 6 nitrogen and oxygen atoms in total. The molecule has 6 heteroatoms. The van der Waals surface area contributed by atoms with Gasteiger partial charge in [0.15, 0.2) is 0 Å². The van der Waals surface area contributed by atoms with Crippen LogP contribution in [0.2, 0.25) is 0 Å². The smallest absolute Gasteiger partial charge is 0.317 e. The van der Waals surface area contributed by atoms with E-state index < -0.39 is 0 Å². The van der Waals surface area contributed by atoms with Crippen molar-refractivity contribution in [2.45, 2.75) is 38.8 Å². The van der Waals surface area contributed by atoms with Crippen LogP contribution in [0.15, 0.2) is 30.3 Å². The van der Waals surface area contributed by atoms with Crippen molar-refractivity contribution in [1.82, 2.24) is 15.1 Å². The number of piperidine rings is 1. The molecule has 1 aromatic rings. The van der Waals surface area contributed by atoms with E-state index in [2.05, 4.69) is 5.32 Å². The highest BCUT2D eigenvalue weighted by Crippen LogP contribution is 2.13. The number of rotatable bonds is 7. The third-order valence-electron chi connectivity index (χ3n) is 4.37. The molecule has 1 saturated heterocycles. The maximum atomic E-state index is 12.2. The first-order valence-electron chi connectivity index (χ1n) is 9.02. The molecular formula is C19H29N3O3. The zero-order chi connectivity index (χ0) is 18.1. The van der Waals surface area contributed by atoms with E-state index in [9.17, 15) is 9.59 Å². The van der Waals surface area contributed by atoms with Gasteiger partial charge in [0.05, 0.1) is 6.10 Å². The molecule has 0 bridgehead atoms. The fourth-order valence-electron chi connectivity index (χ4n) is 3.02. The predicted molar refractivity (Wildman–Crippen MR) is 97.2 cm³/mol. The molecule has 1 aromatic carbocycles. The van der Waals surface area contributed by atoms with E-state index in [1.54, 1.807) is 16.8 Å². The maximum Gasteiger partial charge on any atom is 0.317 e. The highest BCUT2D eigenvalue weighted by atomic mass is 16.5. The molecule has 0 aliphatic carbocycles. The molecule has 0 saturated carbocycles. The van der Waals surface area contributed by atoms with Gasteiger partial charge in [-0.2, -0.15) is 0 Å². The Hall–Kier alpha value is -2.08. The van der Waals surface area contributed by atoms with Gasteiger partial charge in [0.1, 0.15) is 0 Å². The van der Waals surface area contributed by atoms with Crippen LogP contribution in [0.25, 0.3) is 0 Å². The summed E-state index contributed by atoms with van der Waals surface area (Å²) in [5.41, 5.74) is 1.10. The number of ether oxygens (including phenoxy) is 1. The normalized spacial score (nSPS) is 17.2. The number of benzene rings is 1. The van der Waals surface area contributed by atoms with Gasteiger partial charge in [0.2, 0.25) is 5.91 Å². The first-order chi connectivity index (χ1) is 12.1. The molecule has 0 spiro atoms. The average molecular weight is 347 g/mol. The summed E-state index contributed by atoms with van der Waals surface area (Å²) < 4.78 is 5.61. The molecule has 0 radical (unpaired) electrons. The number of amides is 3. The summed E-state index contributed by atoms with van der Waals surface area (Å²) in [5, 5.41) is 2.85. The minimum atomic E-state index is -0.108. The summed E-state index contributed by atoms with van der Waals surface area (Å²) in [4.78, 5) is 27.9. The lowest BCUT2D eigenvalue weighted by Crippen LogP contribution is -2.48. The first-order valence-corrected chi connectivity index (χ1v) is 9.02. The van der Waals surface area contributed by atoms with Crippen molar-refractivity contribution in [3.63, 3.8) is 0 Å². The van der Waals surface area contributed by atoms with Crippen molar-refractivity contribution >= 4 is 11.9 Å². The Bertz CT molecular complexity index is 548. The van der Waals surface area contributed by atoms with Gasteiger partial charge < -0.3 is 19.9 Å². The molecule has 138 valence electrons. The standard InChI is InChI=1S/C19H29N3O3/c1-3-25-17-10-7-13-22(15-17)19(24)20-12-11-18(23)21(2)14-16-8-5-4-6-9-16/h4-6,8-9,17H,3,7,10-15H2,1-2H3,(H,20,24)/t17-/m0/s1. The van der Waals surface area contributed by atoms with Crippen LogP contribution in [0.5, 0.6) is 0 Å². The van der Waals surface area contributed by atoms with Crippen molar-refractivity contribution in [3.05, 3.63) is 35.9 Å². The molecule has 25 heavy (non-hydrogen) atoms. The largest absolute Gasteiger partial charge is 0.377 e. The van der Waals surface area contributed by atoms with Crippen molar-refractivity contribution in [2.75, 3.05) is 33.3 Å². The minimum Gasteiger partial charge on any atom is -0.377 e. The van der Waals surface area contributed by atoms with Crippen molar-refractivity contribution in [3.8, 4) is 0 Å². The number of nitrogens with zero attached hydrogens (tertiary/aromatic N) is 2. The number of hydrogen-bond donors (Lipinski definition) is 1. The molecule has 3 amide bonds. The maximum absolute atomic E-state index is 12.2. The van der Waals surface area contributed by atoms with Crippen molar-refractivity contribution in [1.29, 1.82) is 0 Å². The van der Waals surface area contributed by atoms with Gasteiger partial charge in [-0.15, -0.1) is 0 Å². The average Bonchev–Trinajstić information content (AvgIpc) is 2.63. The summed E-state index contributed by atoms with van der Waals surface area (Å²) in [6.45, 7) is 4.94. The monoisotopic (exact) mass is 347 g/mol. The highest BCUT2D eigenvalue weighted by Gasteiger charge is 2.23. The van der Waals surface area contributed by atoms with Gasteiger partial charge in [-0.25, -0.2) is 4.79 Å². The van der Waals surface area contributed by atoms with E-state index in [1.807, 2.05) is 37.3 Å². The summed E-state index contributed by atoms with van der Waals surface area (Å²) in [5.74, 6) is 0.0231. The number of carbonyl (C=O) groups is 2. The molecule has 0 unspecified atom stereocenters. The molecule has 2 rings (SSSR count). The second-order valence-electron chi connectivity index (χ2n) is 6.38. The Morgan fingerprint density at radius 1 is 1.32 bits per heavy atom. The fraction of sp³-hybridized carbons (Fsp3) is 0.579. The fourth-order valence-corrected chi connectivity index (χ4v) is 3.02.